The summed E-state index contributed by atoms with van der Waals surface area (Å²) in [7, 11) is 13.0. The summed E-state index contributed by atoms with van der Waals surface area (Å²) < 4.78 is 4.83. The van der Waals surface area contributed by atoms with Gasteiger partial charge in [-0.2, -0.15) is 0 Å². The molecule has 3 rings (SSSR count). The first-order valence-corrected chi connectivity index (χ1v) is 15.7. The molecule has 163 valence electrons. The summed E-state index contributed by atoms with van der Waals surface area (Å²) >= 11 is -2.69. The molecule has 3 nitrogen and oxygen atoms in total. The quantitative estimate of drug-likeness (QED) is 0.409. The Morgan fingerprint density at radius 1 is 0.452 bits per heavy atom. The molecule has 0 radical (unpaired) electrons. The zero-order chi connectivity index (χ0) is 22.4. The van der Waals surface area contributed by atoms with E-state index in [1.165, 1.54) is 16.7 Å². The molecule has 0 heterocycles. The molecule has 3 aromatic rings. The van der Waals surface area contributed by atoms with Crippen LogP contribution < -0.4 is 3.64 Å². The van der Waals surface area contributed by atoms with Crippen molar-refractivity contribution in [2.45, 2.75) is 19.6 Å². The number of benzene rings is 3. The molecule has 0 aliphatic heterocycles. The molecule has 0 aliphatic carbocycles. The van der Waals surface area contributed by atoms with Gasteiger partial charge in [0.25, 0.3) is 0 Å². The predicted molar refractivity (Wildman–Crippen MR) is 130 cm³/mol. The van der Waals surface area contributed by atoms with Crippen LogP contribution in [0.1, 0.15) is 16.7 Å². The van der Waals surface area contributed by atoms with Gasteiger partial charge < -0.3 is 0 Å². The van der Waals surface area contributed by atoms with Gasteiger partial charge >= 0.3 is 204 Å². The molecule has 0 saturated carbocycles. The van der Waals surface area contributed by atoms with Crippen LogP contribution >= 0.6 is 0 Å². The van der Waals surface area contributed by atoms with E-state index in [0.29, 0.717) is 0 Å². The zero-order valence-corrected chi connectivity index (χ0v) is 23.1. The Morgan fingerprint density at radius 3 is 0.968 bits per heavy atom. The van der Waals surface area contributed by atoms with E-state index in [1.54, 1.807) is 3.64 Å². The summed E-state index contributed by atoms with van der Waals surface area (Å²) in [6.45, 7) is 2.95. The number of hydrogen-bond acceptors (Lipinski definition) is 3. The van der Waals surface area contributed by atoms with Gasteiger partial charge in [-0.15, -0.1) is 0 Å². The Kier molecular flexibility index (Phi) is 9.23. The third-order valence-corrected chi connectivity index (χ3v) is 15.2. The summed E-state index contributed by atoms with van der Waals surface area (Å²) in [6.07, 6.45) is 0. The van der Waals surface area contributed by atoms with Crippen molar-refractivity contribution in [1.29, 1.82) is 0 Å². The first-order chi connectivity index (χ1) is 14.9. The number of rotatable bonds is 9. The van der Waals surface area contributed by atoms with Crippen LogP contribution in [-0.2, 0) is 19.6 Å². The second-order valence-electron chi connectivity index (χ2n) is 9.06. The van der Waals surface area contributed by atoms with E-state index in [4.69, 9.17) is 0 Å². The van der Waals surface area contributed by atoms with Crippen LogP contribution in [0.3, 0.4) is 0 Å². The molecular formula is C27H36N3Nd. The monoisotopic (exact) mass is 544 g/mol. The molecular weight excluding hydrogens is 511 g/mol. The summed E-state index contributed by atoms with van der Waals surface area (Å²) in [6, 6.07) is 27.6. The average Bonchev–Trinajstić information content (AvgIpc) is 2.70. The van der Waals surface area contributed by atoms with E-state index in [-0.39, 0.29) is 0 Å². The molecule has 0 spiro atoms. The van der Waals surface area contributed by atoms with Gasteiger partial charge in [0.1, 0.15) is 0 Å². The van der Waals surface area contributed by atoms with Crippen LogP contribution in [0.25, 0.3) is 0 Å². The molecule has 31 heavy (non-hydrogen) atoms. The van der Waals surface area contributed by atoms with E-state index in [1.807, 2.05) is 0 Å². The van der Waals surface area contributed by atoms with E-state index >= 15 is 0 Å². The fourth-order valence-corrected chi connectivity index (χ4v) is 14.1. The summed E-state index contributed by atoms with van der Waals surface area (Å²) in [5.41, 5.74) is 4.44. The van der Waals surface area contributed by atoms with Gasteiger partial charge in [0.05, 0.1) is 0 Å². The van der Waals surface area contributed by atoms with Crippen molar-refractivity contribution in [3.8, 4) is 0 Å². The van der Waals surface area contributed by atoms with Gasteiger partial charge in [0.15, 0.2) is 0 Å². The van der Waals surface area contributed by atoms with Crippen LogP contribution in [0.15, 0.2) is 72.8 Å². The van der Waals surface area contributed by atoms with Crippen LogP contribution in [-0.4, -0.2) is 57.0 Å². The fraction of sp³-hybridized carbons (Fsp3) is 0.333. The third-order valence-electron chi connectivity index (χ3n) is 5.32. The Hall–Kier alpha value is -1.11. The molecule has 0 amide bonds. The molecule has 0 N–H and O–H groups in total. The van der Waals surface area contributed by atoms with Crippen molar-refractivity contribution in [2.24, 2.45) is 0 Å². The topological polar surface area (TPSA) is 9.72 Å². The van der Waals surface area contributed by atoms with E-state index in [2.05, 4.69) is 130 Å². The van der Waals surface area contributed by atoms with Gasteiger partial charge in [-0.1, -0.05) is 0 Å². The molecule has 0 unspecified atom stereocenters. The minimum atomic E-state index is -2.69. The van der Waals surface area contributed by atoms with Crippen LogP contribution in [0, 0.1) is 34.6 Å². The van der Waals surface area contributed by atoms with Crippen LogP contribution in [0.2, 0.25) is 0 Å². The maximum absolute atomic E-state index is 2.69. The van der Waals surface area contributed by atoms with E-state index in [0.717, 1.165) is 19.6 Å². The van der Waals surface area contributed by atoms with E-state index < -0.39 is 34.6 Å². The molecule has 0 fully saturated rings. The van der Waals surface area contributed by atoms with Crippen LogP contribution in [0.4, 0.5) is 0 Å². The fourth-order valence-electron chi connectivity index (χ4n) is 4.16. The van der Waals surface area contributed by atoms with E-state index in [9.17, 15) is 0 Å². The molecule has 3 aromatic carbocycles. The number of nitrogens with zero attached hydrogens (tertiary/aromatic N) is 3. The Bertz CT molecular complexity index is 854. The molecule has 0 aliphatic rings. The predicted octanol–water partition coefficient (Wildman–Crippen LogP) is 2.77. The summed E-state index contributed by atoms with van der Waals surface area (Å²) in [5.74, 6) is 0. The summed E-state index contributed by atoms with van der Waals surface area (Å²) in [5, 5.41) is 0. The molecule has 0 atom stereocenters. The van der Waals surface area contributed by atoms with Gasteiger partial charge in [-0.3, -0.25) is 0 Å². The van der Waals surface area contributed by atoms with Crippen LogP contribution in [0.5, 0.6) is 0 Å². The van der Waals surface area contributed by atoms with Gasteiger partial charge in [0.2, 0.25) is 0 Å². The Balaban J connectivity index is 2.26. The minimum absolute atomic E-state index is 0.982. The van der Waals surface area contributed by atoms with Gasteiger partial charge in [-0.05, 0) is 0 Å². The van der Waals surface area contributed by atoms with Crippen molar-refractivity contribution < 1.29 is 34.6 Å². The van der Waals surface area contributed by atoms with Gasteiger partial charge in [-0.25, -0.2) is 0 Å². The van der Waals surface area contributed by atoms with Crippen molar-refractivity contribution in [1.82, 2.24) is 14.7 Å². The second-order valence-corrected chi connectivity index (χ2v) is 16.7. The standard InChI is InChI=1S/3C9H12N.Nd/c3*1-10(2)8-9-6-4-3-5-7-9;/h3*3-6H,8H2,1-2H3;. The maximum atomic E-state index is 2.42. The van der Waals surface area contributed by atoms with Crippen molar-refractivity contribution in [3.05, 3.63) is 89.5 Å². The van der Waals surface area contributed by atoms with Crippen molar-refractivity contribution in [2.75, 3.05) is 42.3 Å². The van der Waals surface area contributed by atoms with Crippen molar-refractivity contribution >= 4 is 3.64 Å². The Morgan fingerprint density at radius 2 is 0.710 bits per heavy atom. The average molecular weight is 547 g/mol. The molecule has 4 heteroatoms. The van der Waals surface area contributed by atoms with Crippen molar-refractivity contribution in [3.63, 3.8) is 0 Å². The molecule has 0 bridgehead atoms. The first-order valence-electron chi connectivity index (χ1n) is 10.9. The summed E-state index contributed by atoms with van der Waals surface area (Å²) in [4.78, 5) is 6.87. The third kappa shape index (κ3) is 6.69. The normalized spacial score (nSPS) is 11.5. The number of hydrogen-bond donors (Lipinski definition) is 0. The molecule has 0 saturated heterocycles. The molecule has 0 aromatic heterocycles. The zero-order valence-electron chi connectivity index (χ0n) is 19.9. The first kappa shape index (κ1) is 24.5. The van der Waals surface area contributed by atoms with Gasteiger partial charge in [0, 0.05) is 0 Å². The second kappa shape index (κ2) is 11.7. The Labute approximate surface area is 202 Å². The SMILES string of the molecule is CN(C)Cc1cccc[c]1[Nd]([c]1ccccc1CN(C)C)[c]1ccccc1CN(C)C.